The maximum atomic E-state index is 4.00. The lowest BCUT2D eigenvalue weighted by Crippen LogP contribution is -1.68. The summed E-state index contributed by atoms with van der Waals surface area (Å²) in [5, 5.41) is 1.94. The molecule has 0 atom stereocenters. The zero-order valence-electron chi connectivity index (χ0n) is 4.14. The lowest BCUT2D eigenvalue weighted by atomic mass is 10.3. The fourth-order valence-electron chi connectivity index (χ4n) is 0.313. The zero-order valence-corrected chi connectivity index (χ0v) is 4.96. The highest BCUT2D eigenvalue weighted by molar-refractivity contribution is 7.03. The van der Waals surface area contributed by atoms with E-state index in [9.17, 15) is 0 Å². The highest BCUT2D eigenvalue weighted by atomic mass is 32.1. The molecule has 0 unspecified atom stereocenters. The minimum Gasteiger partial charge on any atom is -0.198 e. The van der Waals surface area contributed by atoms with Crippen LogP contribution in [0.25, 0.3) is 0 Å². The molecule has 0 aromatic carbocycles. The van der Waals surface area contributed by atoms with Crippen molar-refractivity contribution < 1.29 is 0 Å². The molecule has 1 rings (SSSR count). The Morgan fingerprint density at radius 1 is 1.86 bits per heavy atom. The van der Waals surface area contributed by atoms with Crippen LogP contribution < -0.4 is 0 Å². The first-order chi connectivity index (χ1) is 3.30. The number of nitrogens with zero attached hydrogens (tertiary/aromatic N) is 1. The van der Waals surface area contributed by atoms with Crippen LogP contribution in [0.1, 0.15) is 11.3 Å². The van der Waals surface area contributed by atoms with Crippen molar-refractivity contribution in [1.82, 2.24) is 4.37 Å². The van der Waals surface area contributed by atoms with Gasteiger partial charge >= 0.3 is 0 Å². The van der Waals surface area contributed by atoms with Crippen molar-refractivity contribution >= 4 is 11.5 Å². The van der Waals surface area contributed by atoms with Crippen LogP contribution in [0, 0.1) is 13.8 Å². The lowest BCUT2D eigenvalue weighted by molar-refractivity contribution is 1.32. The topological polar surface area (TPSA) is 12.9 Å². The van der Waals surface area contributed by atoms with E-state index in [0.717, 1.165) is 11.3 Å². The normalized spacial score (nSPS) is 9.43. The Labute approximate surface area is 47.2 Å². The van der Waals surface area contributed by atoms with Crippen molar-refractivity contribution in [3.63, 3.8) is 0 Å². The summed E-state index contributed by atoms with van der Waals surface area (Å²) in [7, 11) is 0. The molecule has 0 spiro atoms. The van der Waals surface area contributed by atoms with Crippen LogP contribution in [0.4, 0.5) is 0 Å². The Morgan fingerprint density at radius 3 is 2.71 bits per heavy atom. The van der Waals surface area contributed by atoms with Crippen molar-refractivity contribution in [1.29, 1.82) is 0 Å². The Kier molecular flexibility index (Phi) is 1.11. The van der Waals surface area contributed by atoms with Gasteiger partial charge in [0.2, 0.25) is 0 Å². The van der Waals surface area contributed by atoms with E-state index in [1.807, 2.05) is 12.3 Å². The van der Waals surface area contributed by atoms with Crippen molar-refractivity contribution in [2.45, 2.75) is 6.92 Å². The van der Waals surface area contributed by atoms with Gasteiger partial charge in [0.25, 0.3) is 0 Å². The zero-order chi connectivity index (χ0) is 5.28. The number of aromatic nitrogens is 1. The van der Waals surface area contributed by atoms with Crippen LogP contribution in [0.3, 0.4) is 0 Å². The van der Waals surface area contributed by atoms with Crippen LogP contribution >= 0.6 is 11.5 Å². The molecule has 1 aromatic heterocycles. The van der Waals surface area contributed by atoms with Crippen LogP contribution in [-0.4, -0.2) is 4.37 Å². The number of hydrogen-bond donors (Lipinski definition) is 0. The van der Waals surface area contributed by atoms with Gasteiger partial charge in [0, 0.05) is 5.38 Å². The third-order valence-electron chi connectivity index (χ3n) is 0.849. The third-order valence-corrected chi connectivity index (χ3v) is 1.62. The highest BCUT2D eigenvalue weighted by Gasteiger charge is 1.89. The first-order valence-corrected chi connectivity index (χ1v) is 2.87. The predicted molar refractivity (Wildman–Crippen MR) is 31.3 cm³/mol. The summed E-state index contributed by atoms with van der Waals surface area (Å²) >= 11 is 1.45. The summed E-state index contributed by atoms with van der Waals surface area (Å²) in [6.07, 6.45) is 0. The minimum absolute atomic E-state index is 1.05. The minimum atomic E-state index is 1.05. The van der Waals surface area contributed by atoms with E-state index >= 15 is 0 Å². The standard InChI is InChI=1S/C5H6NS/c1-4-3-7-6-5(4)2/h3H,1H2,2H3. The fourth-order valence-corrected chi connectivity index (χ4v) is 0.939. The van der Waals surface area contributed by atoms with Gasteiger partial charge in [-0.25, -0.2) is 0 Å². The predicted octanol–water partition coefficient (Wildman–Crippen LogP) is 1.63. The summed E-state index contributed by atoms with van der Waals surface area (Å²) in [5.74, 6) is 0. The van der Waals surface area contributed by atoms with Gasteiger partial charge in [0.05, 0.1) is 5.69 Å². The van der Waals surface area contributed by atoms with Gasteiger partial charge in [-0.15, -0.1) is 0 Å². The van der Waals surface area contributed by atoms with Gasteiger partial charge in [-0.2, -0.15) is 4.37 Å². The number of rotatable bonds is 0. The quantitative estimate of drug-likeness (QED) is 0.497. The third kappa shape index (κ3) is 0.800. The van der Waals surface area contributed by atoms with Crippen molar-refractivity contribution in [3.8, 4) is 0 Å². The smallest absolute Gasteiger partial charge is 0.0543 e. The average Bonchev–Trinajstić information content (AvgIpc) is 1.91. The summed E-state index contributed by atoms with van der Waals surface area (Å²) < 4.78 is 4.00. The molecular weight excluding hydrogens is 106 g/mol. The molecule has 1 nitrogen and oxygen atoms in total. The first kappa shape index (κ1) is 4.78. The van der Waals surface area contributed by atoms with Gasteiger partial charge in [-0.1, -0.05) is 0 Å². The van der Waals surface area contributed by atoms with Crippen LogP contribution in [0.5, 0.6) is 0 Å². The second kappa shape index (κ2) is 1.62. The van der Waals surface area contributed by atoms with Gasteiger partial charge < -0.3 is 0 Å². The molecule has 0 amide bonds. The van der Waals surface area contributed by atoms with E-state index in [1.54, 1.807) is 0 Å². The second-order valence-electron chi connectivity index (χ2n) is 1.43. The van der Waals surface area contributed by atoms with E-state index in [0.29, 0.717) is 0 Å². The maximum Gasteiger partial charge on any atom is 0.0543 e. The molecule has 0 aliphatic heterocycles. The molecule has 0 saturated carbocycles. The molecule has 1 radical (unpaired) electrons. The van der Waals surface area contributed by atoms with Crippen LogP contribution in [0.2, 0.25) is 0 Å². The Morgan fingerprint density at radius 2 is 2.57 bits per heavy atom. The van der Waals surface area contributed by atoms with Crippen LogP contribution in [-0.2, 0) is 0 Å². The highest BCUT2D eigenvalue weighted by Crippen LogP contribution is 2.04. The van der Waals surface area contributed by atoms with Gasteiger partial charge in [-0.3, -0.25) is 0 Å². The molecule has 0 aliphatic rings. The summed E-state index contributed by atoms with van der Waals surface area (Å²) in [6, 6.07) is 0. The molecule has 0 N–H and O–H groups in total. The molecule has 1 heterocycles. The van der Waals surface area contributed by atoms with Gasteiger partial charge in [0.15, 0.2) is 0 Å². The Hall–Kier alpha value is -0.370. The fraction of sp³-hybridized carbons (Fsp3) is 0.200. The summed E-state index contributed by atoms with van der Waals surface area (Å²) in [4.78, 5) is 0. The molecule has 0 fully saturated rings. The second-order valence-corrected chi connectivity index (χ2v) is 2.05. The average molecular weight is 112 g/mol. The van der Waals surface area contributed by atoms with E-state index in [-0.39, 0.29) is 0 Å². The lowest BCUT2D eigenvalue weighted by Gasteiger charge is -1.77. The van der Waals surface area contributed by atoms with E-state index in [2.05, 4.69) is 11.3 Å². The van der Waals surface area contributed by atoms with E-state index in [4.69, 9.17) is 0 Å². The Balaban J connectivity index is 3.12. The summed E-state index contributed by atoms with van der Waals surface area (Å²) in [6.45, 7) is 5.69. The molecule has 0 saturated heterocycles. The largest absolute Gasteiger partial charge is 0.198 e. The monoisotopic (exact) mass is 112 g/mol. The van der Waals surface area contributed by atoms with Crippen LogP contribution in [0.15, 0.2) is 5.38 Å². The first-order valence-electron chi connectivity index (χ1n) is 2.03. The van der Waals surface area contributed by atoms with E-state index < -0.39 is 0 Å². The Bertz CT molecular complexity index is 140. The molecule has 0 aliphatic carbocycles. The van der Waals surface area contributed by atoms with Crippen molar-refractivity contribution in [2.75, 3.05) is 0 Å². The molecule has 37 valence electrons. The molecule has 0 bridgehead atoms. The van der Waals surface area contributed by atoms with E-state index in [1.165, 1.54) is 11.5 Å². The van der Waals surface area contributed by atoms with Gasteiger partial charge in [0.1, 0.15) is 0 Å². The maximum absolute atomic E-state index is 4.00. The van der Waals surface area contributed by atoms with Crippen molar-refractivity contribution in [2.24, 2.45) is 0 Å². The molecule has 7 heavy (non-hydrogen) atoms. The number of aryl methyl sites for hydroxylation is 1. The van der Waals surface area contributed by atoms with Gasteiger partial charge in [-0.05, 0) is 30.9 Å². The molecule has 1 aromatic rings. The SMILES string of the molecule is [CH2]c1csnc1C. The summed E-state index contributed by atoms with van der Waals surface area (Å²) in [5.41, 5.74) is 2.09. The van der Waals surface area contributed by atoms with Crippen molar-refractivity contribution in [3.05, 3.63) is 23.6 Å². The molecular formula is C5H6NS. The number of hydrogen-bond acceptors (Lipinski definition) is 2. The molecule has 2 heteroatoms.